The summed E-state index contributed by atoms with van der Waals surface area (Å²) in [6.07, 6.45) is 0.0546. The summed E-state index contributed by atoms with van der Waals surface area (Å²) in [6.45, 7) is 4.41. The lowest BCUT2D eigenvalue weighted by molar-refractivity contribution is 0.170. The first-order valence-corrected chi connectivity index (χ1v) is 5.41. The fraction of sp³-hybridized carbons (Fsp3) is 0.556. The van der Waals surface area contributed by atoms with Crippen LogP contribution in [0.1, 0.15) is 27.8 Å². The van der Waals surface area contributed by atoms with Crippen molar-refractivity contribution in [3.63, 3.8) is 0 Å². The zero-order valence-corrected chi connectivity index (χ0v) is 9.37. The van der Waals surface area contributed by atoms with Crippen molar-refractivity contribution in [2.24, 2.45) is 5.73 Å². The number of halogens is 1. The van der Waals surface area contributed by atoms with Gasteiger partial charge < -0.3 is 10.8 Å². The summed E-state index contributed by atoms with van der Waals surface area (Å²) >= 11 is 7.67. The lowest BCUT2D eigenvalue weighted by atomic mass is 10.1. The fourth-order valence-corrected chi connectivity index (χ4v) is 2.80. The van der Waals surface area contributed by atoms with Crippen molar-refractivity contribution in [1.82, 2.24) is 0 Å². The second-order valence-corrected chi connectivity index (χ2v) is 4.84. The average Bonchev–Trinajstić information content (AvgIpc) is 2.27. The standard InChI is InChI=1S/C9H14ClNOS/c1-5-8(7(12)3-4-11)9(10)6(2)13-5/h7,12H,3-4,11H2,1-2H3. The molecule has 3 N–H and O–H groups in total. The van der Waals surface area contributed by atoms with E-state index in [1.165, 1.54) is 0 Å². The van der Waals surface area contributed by atoms with Crippen LogP contribution >= 0.6 is 22.9 Å². The molecule has 74 valence electrons. The van der Waals surface area contributed by atoms with E-state index in [0.717, 1.165) is 15.3 Å². The van der Waals surface area contributed by atoms with Gasteiger partial charge in [0.05, 0.1) is 11.1 Å². The third kappa shape index (κ3) is 2.23. The molecule has 1 unspecified atom stereocenters. The molecule has 1 aromatic rings. The largest absolute Gasteiger partial charge is 0.388 e. The Morgan fingerprint density at radius 1 is 1.46 bits per heavy atom. The Kier molecular flexibility index (Phi) is 3.74. The minimum Gasteiger partial charge on any atom is -0.388 e. The maximum absolute atomic E-state index is 9.74. The van der Waals surface area contributed by atoms with E-state index < -0.39 is 6.10 Å². The Hall–Kier alpha value is -0.0900. The Morgan fingerprint density at radius 2 is 2.08 bits per heavy atom. The van der Waals surface area contributed by atoms with Crippen LogP contribution < -0.4 is 5.73 Å². The van der Waals surface area contributed by atoms with Crippen LogP contribution in [-0.4, -0.2) is 11.7 Å². The summed E-state index contributed by atoms with van der Waals surface area (Å²) < 4.78 is 0. The van der Waals surface area contributed by atoms with E-state index in [0.29, 0.717) is 18.0 Å². The number of thiophene rings is 1. The minimum absolute atomic E-state index is 0.478. The number of nitrogens with two attached hydrogens (primary N) is 1. The number of hydrogen-bond donors (Lipinski definition) is 2. The van der Waals surface area contributed by atoms with Gasteiger partial charge in [-0.05, 0) is 26.8 Å². The molecule has 1 rings (SSSR count). The molecular weight excluding hydrogens is 206 g/mol. The van der Waals surface area contributed by atoms with Crippen molar-refractivity contribution in [3.05, 3.63) is 20.3 Å². The molecule has 13 heavy (non-hydrogen) atoms. The molecule has 0 saturated heterocycles. The minimum atomic E-state index is -0.512. The van der Waals surface area contributed by atoms with Crippen LogP contribution in [0, 0.1) is 13.8 Å². The van der Waals surface area contributed by atoms with Crippen molar-refractivity contribution >= 4 is 22.9 Å². The number of aliphatic hydroxyl groups excluding tert-OH is 1. The predicted molar refractivity (Wildman–Crippen MR) is 57.4 cm³/mol. The second kappa shape index (κ2) is 4.42. The first kappa shape index (κ1) is 11.0. The van der Waals surface area contributed by atoms with Gasteiger partial charge in [-0.15, -0.1) is 11.3 Å². The normalized spacial score (nSPS) is 13.3. The van der Waals surface area contributed by atoms with Gasteiger partial charge in [-0.25, -0.2) is 0 Å². The molecule has 0 aliphatic heterocycles. The van der Waals surface area contributed by atoms with Crippen LogP contribution in [0.5, 0.6) is 0 Å². The molecule has 0 aliphatic carbocycles. The lowest BCUT2D eigenvalue weighted by Crippen LogP contribution is -2.07. The summed E-state index contributed by atoms with van der Waals surface area (Å²) in [5.74, 6) is 0. The summed E-state index contributed by atoms with van der Waals surface area (Å²) in [5.41, 5.74) is 6.23. The fourth-order valence-electron chi connectivity index (χ4n) is 1.36. The molecule has 0 radical (unpaired) electrons. The van der Waals surface area contributed by atoms with Gasteiger partial charge in [-0.3, -0.25) is 0 Å². The SMILES string of the molecule is Cc1sc(C)c(C(O)CCN)c1Cl. The van der Waals surface area contributed by atoms with Crippen LogP contribution in [-0.2, 0) is 0 Å². The zero-order valence-electron chi connectivity index (χ0n) is 7.80. The number of hydrogen-bond acceptors (Lipinski definition) is 3. The van der Waals surface area contributed by atoms with Crippen molar-refractivity contribution < 1.29 is 5.11 Å². The molecule has 1 heterocycles. The highest BCUT2D eigenvalue weighted by Gasteiger charge is 2.17. The Labute approximate surface area is 87.3 Å². The van der Waals surface area contributed by atoms with Crippen LogP contribution in [0.15, 0.2) is 0 Å². The molecule has 4 heteroatoms. The van der Waals surface area contributed by atoms with E-state index in [-0.39, 0.29) is 0 Å². The molecule has 0 aliphatic rings. The Morgan fingerprint density at radius 3 is 2.46 bits per heavy atom. The molecule has 0 fully saturated rings. The van der Waals surface area contributed by atoms with Crippen LogP contribution in [0.3, 0.4) is 0 Å². The first-order chi connectivity index (χ1) is 6.07. The van der Waals surface area contributed by atoms with Gasteiger partial charge >= 0.3 is 0 Å². The molecule has 1 aromatic heterocycles. The van der Waals surface area contributed by atoms with Gasteiger partial charge in [0.25, 0.3) is 0 Å². The van der Waals surface area contributed by atoms with Gasteiger partial charge in [-0.2, -0.15) is 0 Å². The zero-order chi connectivity index (χ0) is 10.0. The monoisotopic (exact) mass is 219 g/mol. The van der Waals surface area contributed by atoms with Crippen LogP contribution in [0.2, 0.25) is 5.02 Å². The van der Waals surface area contributed by atoms with Gasteiger partial charge in [0.1, 0.15) is 0 Å². The van der Waals surface area contributed by atoms with Crippen LogP contribution in [0.25, 0.3) is 0 Å². The highest BCUT2D eigenvalue weighted by Crippen LogP contribution is 2.36. The van der Waals surface area contributed by atoms with Crippen molar-refractivity contribution in [2.75, 3.05) is 6.54 Å². The van der Waals surface area contributed by atoms with Crippen LogP contribution in [0.4, 0.5) is 0 Å². The molecule has 1 atom stereocenters. The molecule has 0 saturated carbocycles. The summed E-state index contributed by atoms with van der Waals surface area (Å²) in [6, 6.07) is 0. The van der Waals surface area contributed by atoms with Crippen molar-refractivity contribution in [1.29, 1.82) is 0 Å². The topological polar surface area (TPSA) is 46.2 Å². The molecular formula is C9H14ClNOS. The van der Waals surface area contributed by atoms with Gasteiger partial charge in [0, 0.05) is 15.3 Å². The van der Waals surface area contributed by atoms with E-state index in [9.17, 15) is 5.11 Å². The average molecular weight is 220 g/mol. The molecule has 2 nitrogen and oxygen atoms in total. The van der Waals surface area contributed by atoms with Gasteiger partial charge in [0.15, 0.2) is 0 Å². The Bertz CT molecular complexity index is 298. The maximum atomic E-state index is 9.74. The summed E-state index contributed by atoms with van der Waals surface area (Å²) in [7, 11) is 0. The maximum Gasteiger partial charge on any atom is 0.0827 e. The smallest absolute Gasteiger partial charge is 0.0827 e. The number of aliphatic hydroxyl groups is 1. The summed E-state index contributed by atoms with van der Waals surface area (Å²) in [5, 5.41) is 10.4. The Balaban J connectivity index is 2.98. The molecule has 0 bridgehead atoms. The van der Waals surface area contributed by atoms with Gasteiger partial charge in [-0.1, -0.05) is 11.6 Å². The van der Waals surface area contributed by atoms with E-state index in [2.05, 4.69) is 0 Å². The van der Waals surface area contributed by atoms with Crippen molar-refractivity contribution in [3.8, 4) is 0 Å². The van der Waals surface area contributed by atoms with Crippen molar-refractivity contribution in [2.45, 2.75) is 26.4 Å². The van der Waals surface area contributed by atoms with E-state index in [1.807, 2.05) is 13.8 Å². The van der Waals surface area contributed by atoms with Gasteiger partial charge in [0.2, 0.25) is 0 Å². The highest BCUT2D eigenvalue weighted by molar-refractivity contribution is 7.12. The first-order valence-electron chi connectivity index (χ1n) is 4.21. The van der Waals surface area contributed by atoms with E-state index in [4.69, 9.17) is 17.3 Å². The third-order valence-electron chi connectivity index (χ3n) is 2.00. The number of aryl methyl sites for hydroxylation is 2. The molecule has 0 spiro atoms. The van der Waals surface area contributed by atoms with E-state index >= 15 is 0 Å². The second-order valence-electron chi connectivity index (χ2n) is 3.04. The quantitative estimate of drug-likeness (QED) is 0.820. The highest BCUT2D eigenvalue weighted by atomic mass is 35.5. The van der Waals surface area contributed by atoms with E-state index in [1.54, 1.807) is 11.3 Å². The lowest BCUT2D eigenvalue weighted by Gasteiger charge is -2.09. The number of rotatable bonds is 3. The third-order valence-corrected chi connectivity index (χ3v) is 3.64. The molecule has 0 aromatic carbocycles. The molecule has 0 amide bonds. The predicted octanol–water partition coefficient (Wildman–Crippen LogP) is 2.40. The summed E-state index contributed by atoms with van der Waals surface area (Å²) in [4.78, 5) is 2.15.